The molecule has 1 fully saturated rings. The number of nitrogens with zero attached hydrogens (tertiary/aromatic N) is 3. The number of aryl methyl sites for hydroxylation is 1. The second kappa shape index (κ2) is 7.77. The second-order valence-corrected chi connectivity index (χ2v) is 6.55. The van der Waals surface area contributed by atoms with Gasteiger partial charge in [0.15, 0.2) is 11.2 Å². The van der Waals surface area contributed by atoms with E-state index >= 15 is 0 Å². The smallest absolute Gasteiger partial charge is 0.287 e. The summed E-state index contributed by atoms with van der Waals surface area (Å²) in [7, 11) is 0. The molecule has 0 spiro atoms. The average molecular weight is 380 g/mol. The second-order valence-electron chi connectivity index (χ2n) is 6.55. The minimum atomic E-state index is -0.466. The maximum Gasteiger partial charge on any atom is 0.287 e. The van der Waals surface area contributed by atoms with Gasteiger partial charge in [-0.2, -0.15) is 0 Å². The largest absolute Gasteiger partial charge is 0.451 e. The van der Waals surface area contributed by atoms with Gasteiger partial charge in [-0.25, -0.2) is 9.97 Å². The Morgan fingerprint density at radius 1 is 1.18 bits per heavy atom. The molecule has 3 heterocycles. The van der Waals surface area contributed by atoms with E-state index < -0.39 is 5.91 Å². The van der Waals surface area contributed by atoms with Crippen LogP contribution in [0, 0.1) is 6.92 Å². The van der Waals surface area contributed by atoms with Crippen LogP contribution in [0.4, 0.5) is 5.95 Å². The topological polar surface area (TPSA) is 97.6 Å². The van der Waals surface area contributed by atoms with Crippen molar-refractivity contribution in [2.45, 2.75) is 13.5 Å². The van der Waals surface area contributed by atoms with Crippen molar-refractivity contribution in [3.63, 3.8) is 0 Å². The molecule has 0 radical (unpaired) electrons. The van der Waals surface area contributed by atoms with Gasteiger partial charge in [-0.15, -0.1) is 0 Å². The Bertz CT molecular complexity index is 1070. The maximum absolute atomic E-state index is 12.5. The van der Waals surface area contributed by atoms with Crippen LogP contribution in [0.15, 0.2) is 45.6 Å². The van der Waals surface area contributed by atoms with Gasteiger partial charge in [0.2, 0.25) is 5.95 Å². The number of anilines is 1. The van der Waals surface area contributed by atoms with Gasteiger partial charge in [0.25, 0.3) is 5.91 Å². The first-order chi connectivity index (χ1) is 13.6. The molecule has 0 aliphatic carbocycles. The fraction of sp³-hybridized carbons (Fsp3) is 0.300. The SMILES string of the molecule is Cc1cc(CNC(=O)c2cc(=O)c3ccccc3o2)nc(N2CCOCC2)n1. The van der Waals surface area contributed by atoms with E-state index in [0.717, 1.165) is 18.8 Å². The Hall–Kier alpha value is -3.26. The minimum absolute atomic E-state index is 0.0251. The summed E-state index contributed by atoms with van der Waals surface area (Å²) in [6, 6.07) is 9.87. The summed E-state index contributed by atoms with van der Waals surface area (Å²) in [4.78, 5) is 35.7. The summed E-state index contributed by atoms with van der Waals surface area (Å²) in [5.41, 5.74) is 1.63. The summed E-state index contributed by atoms with van der Waals surface area (Å²) >= 11 is 0. The summed E-state index contributed by atoms with van der Waals surface area (Å²) in [5.74, 6) is 0.139. The number of carbonyl (C=O) groups excluding carboxylic acids is 1. The van der Waals surface area contributed by atoms with E-state index in [0.29, 0.717) is 35.8 Å². The molecule has 2 aromatic heterocycles. The predicted molar refractivity (Wildman–Crippen MR) is 103 cm³/mol. The van der Waals surface area contributed by atoms with Crippen molar-refractivity contribution in [2.24, 2.45) is 0 Å². The Labute approximate surface area is 161 Å². The highest BCUT2D eigenvalue weighted by Gasteiger charge is 2.16. The quantitative estimate of drug-likeness (QED) is 0.735. The maximum atomic E-state index is 12.5. The van der Waals surface area contributed by atoms with Crippen molar-refractivity contribution < 1.29 is 13.9 Å². The number of para-hydroxylation sites is 1. The van der Waals surface area contributed by atoms with Gasteiger partial charge in [0.05, 0.1) is 30.8 Å². The lowest BCUT2D eigenvalue weighted by molar-refractivity contribution is 0.0923. The zero-order chi connectivity index (χ0) is 19.5. The highest BCUT2D eigenvalue weighted by molar-refractivity contribution is 5.93. The molecular formula is C20H20N4O4. The van der Waals surface area contributed by atoms with E-state index in [-0.39, 0.29) is 17.7 Å². The molecule has 0 unspecified atom stereocenters. The van der Waals surface area contributed by atoms with E-state index in [1.807, 2.05) is 13.0 Å². The molecule has 0 saturated carbocycles. The fourth-order valence-corrected chi connectivity index (χ4v) is 3.09. The molecular weight excluding hydrogens is 360 g/mol. The number of ether oxygens (including phenoxy) is 1. The first kappa shape index (κ1) is 18.1. The van der Waals surface area contributed by atoms with Gasteiger partial charge >= 0.3 is 0 Å². The number of hydrogen-bond acceptors (Lipinski definition) is 7. The molecule has 4 rings (SSSR count). The van der Waals surface area contributed by atoms with Crippen molar-refractivity contribution >= 4 is 22.8 Å². The number of nitrogens with one attached hydrogen (secondary N) is 1. The summed E-state index contributed by atoms with van der Waals surface area (Å²) in [6.45, 7) is 4.85. The van der Waals surface area contributed by atoms with Crippen LogP contribution in [0.2, 0.25) is 0 Å². The first-order valence-corrected chi connectivity index (χ1v) is 9.08. The Balaban J connectivity index is 1.50. The molecule has 1 amide bonds. The Morgan fingerprint density at radius 2 is 1.96 bits per heavy atom. The highest BCUT2D eigenvalue weighted by Crippen LogP contribution is 2.14. The monoisotopic (exact) mass is 380 g/mol. The molecule has 3 aromatic rings. The van der Waals surface area contributed by atoms with Crippen molar-refractivity contribution in [1.82, 2.24) is 15.3 Å². The zero-order valence-corrected chi connectivity index (χ0v) is 15.5. The van der Waals surface area contributed by atoms with E-state index in [9.17, 15) is 9.59 Å². The van der Waals surface area contributed by atoms with Gasteiger partial charge in [-0.1, -0.05) is 12.1 Å². The zero-order valence-electron chi connectivity index (χ0n) is 15.5. The number of rotatable bonds is 4. The molecule has 0 bridgehead atoms. The third-order valence-corrected chi connectivity index (χ3v) is 4.48. The lowest BCUT2D eigenvalue weighted by Gasteiger charge is -2.27. The van der Waals surface area contributed by atoms with Crippen LogP contribution in [0.25, 0.3) is 11.0 Å². The van der Waals surface area contributed by atoms with Gasteiger partial charge in [-0.05, 0) is 25.1 Å². The van der Waals surface area contributed by atoms with E-state index in [4.69, 9.17) is 9.15 Å². The minimum Gasteiger partial charge on any atom is -0.451 e. The van der Waals surface area contributed by atoms with Crippen LogP contribution in [0.1, 0.15) is 21.9 Å². The van der Waals surface area contributed by atoms with E-state index in [2.05, 4.69) is 20.2 Å². The van der Waals surface area contributed by atoms with Gasteiger partial charge in [0.1, 0.15) is 5.58 Å². The van der Waals surface area contributed by atoms with Crippen LogP contribution >= 0.6 is 0 Å². The number of carbonyl (C=O) groups is 1. The molecule has 144 valence electrons. The Morgan fingerprint density at radius 3 is 2.79 bits per heavy atom. The molecule has 28 heavy (non-hydrogen) atoms. The summed E-state index contributed by atoms with van der Waals surface area (Å²) < 4.78 is 10.9. The van der Waals surface area contributed by atoms with E-state index in [1.165, 1.54) is 6.07 Å². The normalized spacial score (nSPS) is 14.2. The van der Waals surface area contributed by atoms with Gasteiger partial charge in [-0.3, -0.25) is 9.59 Å². The summed E-state index contributed by atoms with van der Waals surface area (Å²) in [6.07, 6.45) is 0. The molecule has 1 N–H and O–H groups in total. The van der Waals surface area contributed by atoms with Crippen LogP contribution in [0.3, 0.4) is 0 Å². The lowest BCUT2D eigenvalue weighted by atomic mass is 10.2. The molecule has 8 nitrogen and oxygen atoms in total. The van der Waals surface area contributed by atoms with Crippen molar-refractivity contribution in [3.05, 3.63) is 63.8 Å². The lowest BCUT2D eigenvalue weighted by Crippen LogP contribution is -2.37. The number of fused-ring (bicyclic) bond motifs is 1. The Kier molecular flexibility index (Phi) is 5.03. The average Bonchev–Trinajstić information content (AvgIpc) is 2.72. The van der Waals surface area contributed by atoms with Crippen LogP contribution in [-0.2, 0) is 11.3 Å². The number of hydrogen-bond donors (Lipinski definition) is 1. The third kappa shape index (κ3) is 3.86. The molecule has 1 aliphatic heterocycles. The van der Waals surface area contributed by atoms with E-state index in [1.54, 1.807) is 24.3 Å². The number of morpholine rings is 1. The molecule has 1 aromatic carbocycles. The number of benzene rings is 1. The predicted octanol–water partition coefficient (Wildman–Crippen LogP) is 1.66. The highest BCUT2D eigenvalue weighted by atomic mass is 16.5. The van der Waals surface area contributed by atoms with Crippen LogP contribution < -0.4 is 15.6 Å². The summed E-state index contributed by atoms with van der Waals surface area (Å²) in [5, 5.41) is 3.20. The van der Waals surface area contributed by atoms with Crippen molar-refractivity contribution in [2.75, 3.05) is 31.2 Å². The van der Waals surface area contributed by atoms with Gasteiger partial charge in [0, 0.05) is 24.8 Å². The fourth-order valence-electron chi connectivity index (χ4n) is 3.09. The molecule has 8 heteroatoms. The first-order valence-electron chi connectivity index (χ1n) is 9.08. The molecule has 1 saturated heterocycles. The van der Waals surface area contributed by atoms with Crippen LogP contribution in [0.5, 0.6) is 0 Å². The van der Waals surface area contributed by atoms with Gasteiger partial charge < -0.3 is 19.4 Å². The van der Waals surface area contributed by atoms with Crippen molar-refractivity contribution in [3.8, 4) is 0 Å². The number of aromatic nitrogens is 2. The molecule has 1 aliphatic rings. The third-order valence-electron chi connectivity index (χ3n) is 4.48. The number of amides is 1. The van der Waals surface area contributed by atoms with Crippen molar-refractivity contribution in [1.29, 1.82) is 0 Å². The van der Waals surface area contributed by atoms with Crippen LogP contribution in [-0.4, -0.2) is 42.2 Å². The molecule has 0 atom stereocenters. The standard InChI is InChI=1S/C20H20N4O4/c1-13-10-14(23-20(22-13)24-6-8-27-9-7-24)12-21-19(26)18-11-16(25)15-4-2-3-5-17(15)28-18/h2-5,10-11H,6-9,12H2,1H3,(H,21,26).